The van der Waals surface area contributed by atoms with Crippen LogP contribution in [0, 0.1) is 5.75 Å². The van der Waals surface area contributed by atoms with Crippen molar-refractivity contribution in [3.8, 4) is 0 Å². The predicted octanol–water partition coefficient (Wildman–Crippen LogP) is 6.17. The highest BCUT2D eigenvalue weighted by atomic mass is 32.1. The van der Waals surface area contributed by atoms with E-state index in [0.29, 0.717) is 0 Å². The second-order valence-corrected chi connectivity index (χ2v) is 5.23. The SMILES string of the molecule is CCCCCCCCCCCCCC[CH]S. The van der Waals surface area contributed by atoms with Crippen LogP contribution in [0.5, 0.6) is 0 Å². The van der Waals surface area contributed by atoms with Gasteiger partial charge in [-0.1, -0.05) is 84.0 Å². The molecule has 0 aromatic carbocycles. The minimum Gasteiger partial charge on any atom is -0.175 e. The monoisotopic (exact) mass is 243 g/mol. The third-order valence-corrected chi connectivity index (χ3v) is 3.44. The lowest BCUT2D eigenvalue weighted by molar-refractivity contribution is 0.544. The van der Waals surface area contributed by atoms with Gasteiger partial charge in [0.1, 0.15) is 0 Å². The molecule has 0 bridgehead atoms. The molecule has 0 aliphatic carbocycles. The lowest BCUT2D eigenvalue weighted by Gasteiger charge is -2.02. The molecular formula is C15H31S. The van der Waals surface area contributed by atoms with E-state index in [1.807, 2.05) is 5.75 Å². The van der Waals surface area contributed by atoms with E-state index in [2.05, 4.69) is 19.6 Å². The van der Waals surface area contributed by atoms with Crippen molar-refractivity contribution in [2.24, 2.45) is 0 Å². The Kier molecular flexibility index (Phi) is 15.7. The van der Waals surface area contributed by atoms with Gasteiger partial charge < -0.3 is 0 Å². The third kappa shape index (κ3) is 14.4. The van der Waals surface area contributed by atoms with Crippen LogP contribution in [0.15, 0.2) is 0 Å². The molecule has 1 radical (unpaired) electrons. The first-order valence-electron chi connectivity index (χ1n) is 7.37. The van der Waals surface area contributed by atoms with Crippen LogP contribution in [0.3, 0.4) is 0 Å². The Hall–Kier alpha value is 0.350. The summed E-state index contributed by atoms with van der Waals surface area (Å²) in [5, 5.41) is 0. The zero-order valence-corrected chi connectivity index (χ0v) is 12.1. The van der Waals surface area contributed by atoms with Gasteiger partial charge >= 0.3 is 0 Å². The van der Waals surface area contributed by atoms with Gasteiger partial charge in [-0.2, -0.15) is 12.6 Å². The molecule has 0 rings (SSSR count). The smallest absolute Gasteiger partial charge is 0.0133 e. The summed E-state index contributed by atoms with van der Waals surface area (Å²) in [4.78, 5) is 0. The Morgan fingerprint density at radius 3 is 1.38 bits per heavy atom. The van der Waals surface area contributed by atoms with Crippen LogP contribution in [0.25, 0.3) is 0 Å². The van der Waals surface area contributed by atoms with E-state index in [1.54, 1.807) is 0 Å². The Morgan fingerprint density at radius 2 is 1.00 bits per heavy atom. The fourth-order valence-corrected chi connectivity index (χ4v) is 2.26. The summed E-state index contributed by atoms with van der Waals surface area (Å²) in [7, 11) is 0. The molecule has 1 heteroatoms. The van der Waals surface area contributed by atoms with Gasteiger partial charge in [-0.15, -0.1) is 0 Å². The number of thiol groups is 1. The zero-order valence-electron chi connectivity index (χ0n) is 11.2. The number of unbranched alkanes of at least 4 members (excludes halogenated alkanes) is 12. The first-order chi connectivity index (χ1) is 7.91. The minimum atomic E-state index is 1.18. The molecule has 97 valence electrons. The molecule has 0 amide bonds. The third-order valence-electron chi connectivity index (χ3n) is 3.19. The standard InChI is InChI=1S/C15H31S/c1-2-3-4-5-6-7-8-9-10-11-12-13-14-15-16/h15-16H,2-14H2,1H3. The van der Waals surface area contributed by atoms with Gasteiger partial charge in [-0.25, -0.2) is 0 Å². The molecule has 0 aliphatic heterocycles. The highest BCUT2D eigenvalue weighted by molar-refractivity contribution is 7.82. The Balaban J connectivity index is 2.83. The molecule has 0 aromatic rings. The van der Waals surface area contributed by atoms with Gasteiger partial charge in [0.25, 0.3) is 0 Å². The van der Waals surface area contributed by atoms with Crippen molar-refractivity contribution in [1.29, 1.82) is 0 Å². The van der Waals surface area contributed by atoms with Gasteiger partial charge in [0, 0.05) is 5.75 Å². The normalized spacial score (nSPS) is 10.9. The maximum Gasteiger partial charge on any atom is 0.0133 e. The maximum absolute atomic E-state index is 4.10. The van der Waals surface area contributed by atoms with E-state index in [-0.39, 0.29) is 0 Å². The number of hydrogen-bond donors (Lipinski definition) is 1. The van der Waals surface area contributed by atoms with E-state index < -0.39 is 0 Å². The molecule has 0 fully saturated rings. The molecule has 0 nitrogen and oxygen atoms in total. The fourth-order valence-electron chi connectivity index (χ4n) is 2.08. The lowest BCUT2D eigenvalue weighted by Crippen LogP contribution is -1.82. The summed E-state index contributed by atoms with van der Waals surface area (Å²) in [5.41, 5.74) is 0. The molecule has 16 heavy (non-hydrogen) atoms. The molecule has 0 heterocycles. The van der Waals surface area contributed by atoms with Gasteiger partial charge in [-0.3, -0.25) is 0 Å². The highest BCUT2D eigenvalue weighted by Crippen LogP contribution is 2.12. The first-order valence-corrected chi connectivity index (χ1v) is 7.89. The Labute approximate surface area is 109 Å². The molecule has 0 unspecified atom stereocenters. The average Bonchev–Trinajstić information content (AvgIpc) is 2.31. The molecule has 0 spiro atoms. The van der Waals surface area contributed by atoms with Crippen molar-refractivity contribution in [2.75, 3.05) is 0 Å². The largest absolute Gasteiger partial charge is 0.175 e. The fraction of sp³-hybridized carbons (Fsp3) is 0.933. The second-order valence-electron chi connectivity index (χ2n) is 4.86. The minimum absolute atomic E-state index is 1.18. The summed E-state index contributed by atoms with van der Waals surface area (Å²) in [5.74, 6) is 1.98. The van der Waals surface area contributed by atoms with Crippen molar-refractivity contribution in [3.05, 3.63) is 5.75 Å². The van der Waals surface area contributed by atoms with Gasteiger partial charge in [-0.05, 0) is 6.42 Å². The zero-order chi connectivity index (χ0) is 11.9. The summed E-state index contributed by atoms with van der Waals surface area (Å²) >= 11 is 4.10. The molecular weight excluding hydrogens is 212 g/mol. The molecule has 0 N–H and O–H groups in total. The Morgan fingerprint density at radius 1 is 0.625 bits per heavy atom. The summed E-state index contributed by atoms with van der Waals surface area (Å²) < 4.78 is 0. The summed E-state index contributed by atoms with van der Waals surface area (Å²) in [6.07, 6.45) is 18.4. The van der Waals surface area contributed by atoms with Gasteiger partial charge in [0.2, 0.25) is 0 Å². The van der Waals surface area contributed by atoms with Crippen LogP contribution in [0.2, 0.25) is 0 Å². The van der Waals surface area contributed by atoms with Crippen LogP contribution < -0.4 is 0 Å². The summed E-state index contributed by atoms with van der Waals surface area (Å²) in [6, 6.07) is 0. The predicted molar refractivity (Wildman–Crippen MR) is 79.0 cm³/mol. The van der Waals surface area contributed by atoms with E-state index >= 15 is 0 Å². The van der Waals surface area contributed by atoms with Crippen molar-refractivity contribution < 1.29 is 0 Å². The molecule has 0 saturated carbocycles. The van der Waals surface area contributed by atoms with Crippen molar-refractivity contribution in [1.82, 2.24) is 0 Å². The number of rotatable bonds is 13. The summed E-state index contributed by atoms with van der Waals surface area (Å²) in [6.45, 7) is 2.28. The van der Waals surface area contributed by atoms with Crippen LogP contribution in [-0.4, -0.2) is 0 Å². The molecule has 0 saturated heterocycles. The van der Waals surface area contributed by atoms with Crippen molar-refractivity contribution in [3.63, 3.8) is 0 Å². The van der Waals surface area contributed by atoms with Crippen LogP contribution in [0.1, 0.15) is 90.4 Å². The van der Waals surface area contributed by atoms with E-state index in [0.717, 1.165) is 0 Å². The van der Waals surface area contributed by atoms with E-state index in [4.69, 9.17) is 0 Å². The van der Waals surface area contributed by atoms with Crippen molar-refractivity contribution >= 4 is 12.6 Å². The number of hydrogen-bond acceptors (Lipinski definition) is 1. The van der Waals surface area contributed by atoms with Crippen LogP contribution in [-0.2, 0) is 0 Å². The average molecular weight is 243 g/mol. The van der Waals surface area contributed by atoms with Crippen LogP contribution >= 0.6 is 12.6 Å². The Bertz CT molecular complexity index is 98.0. The second kappa shape index (κ2) is 15.4. The molecule has 0 atom stereocenters. The lowest BCUT2D eigenvalue weighted by atomic mass is 10.1. The topological polar surface area (TPSA) is 0 Å². The highest BCUT2D eigenvalue weighted by Gasteiger charge is 1.92. The maximum atomic E-state index is 4.10. The molecule has 0 aliphatic rings. The van der Waals surface area contributed by atoms with Gasteiger partial charge in [0.05, 0.1) is 0 Å². The van der Waals surface area contributed by atoms with Crippen LogP contribution in [0.4, 0.5) is 0 Å². The van der Waals surface area contributed by atoms with E-state index in [1.165, 1.54) is 83.5 Å². The molecule has 0 aromatic heterocycles. The first kappa shape index (κ1) is 16.4. The van der Waals surface area contributed by atoms with Gasteiger partial charge in [0.15, 0.2) is 0 Å². The van der Waals surface area contributed by atoms with E-state index in [9.17, 15) is 0 Å². The quantitative estimate of drug-likeness (QED) is 0.290. The van der Waals surface area contributed by atoms with Crippen molar-refractivity contribution in [2.45, 2.75) is 90.4 Å².